The zero-order valence-corrected chi connectivity index (χ0v) is 10.7. The van der Waals surface area contributed by atoms with E-state index in [1.54, 1.807) is 27.7 Å². The normalized spacial score (nSPS) is 32.7. The van der Waals surface area contributed by atoms with Gasteiger partial charge < -0.3 is 20.1 Å². The Balaban J connectivity index is 2.77. The Hall–Kier alpha value is -0.690. The van der Waals surface area contributed by atoms with Crippen molar-refractivity contribution in [2.45, 2.75) is 57.8 Å². The van der Waals surface area contributed by atoms with Crippen molar-refractivity contribution < 1.29 is 24.9 Å². The molecule has 1 saturated heterocycles. The molecular formula is C11H21NO5. The lowest BCUT2D eigenvalue weighted by Gasteiger charge is -2.32. The highest BCUT2D eigenvalue weighted by Crippen LogP contribution is 2.29. The number of hydrogen-bond acceptors (Lipinski definition) is 5. The van der Waals surface area contributed by atoms with Gasteiger partial charge in [-0.2, -0.15) is 0 Å². The van der Waals surface area contributed by atoms with Gasteiger partial charge in [0.2, 0.25) is 6.41 Å². The fourth-order valence-corrected chi connectivity index (χ4v) is 1.95. The van der Waals surface area contributed by atoms with Crippen LogP contribution in [0.1, 0.15) is 34.1 Å². The monoisotopic (exact) mass is 247 g/mol. The van der Waals surface area contributed by atoms with E-state index in [0.717, 1.165) is 0 Å². The molecule has 1 heterocycles. The minimum atomic E-state index is -1.33. The number of ether oxygens (including phenoxy) is 1. The van der Waals surface area contributed by atoms with Gasteiger partial charge in [0, 0.05) is 13.0 Å². The molecule has 0 radical (unpaired) electrons. The average Bonchev–Trinajstić information content (AvgIpc) is 2.38. The van der Waals surface area contributed by atoms with E-state index in [1.807, 2.05) is 0 Å². The Morgan fingerprint density at radius 3 is 2.47 bits per heavy atom. The number of carbonyl (C=O) groups is 1. The number of aliphatic carboxylic acids is 1. The highest BCUT2D eigenvalue weighted by molar-refractivity contribution is 5.74. The van der Waals surface area contributed by atoms with E-state index in [0.29, 0.717) is 0 Å². The van der Waals surface area contributed by atoms with Crippen molar-refractivity contribution in [3.8, 4) is 0 Å². The minimum Gasteiger partial charge on any atom is -0.480 e. The van der Waals surface area contributed by atoms with Gasteiger partial charge in [-0.1, -0.05) is 0 Å². The van der Waals surface area contributed by atoms with Crippen LogP contribution in [0.25, 0.3) is 0 Å². The fraction of sp³-hybridized carbons (Fsp3) is 0.909. The first-order valence-corrected chi connectivity index (χ1v) is 5.59. The molecule has 17 heavy (non-hydrogen) atoms. The highest BCUT2D eigenvalue weighted by atomic mass is 16.6. The second-order valence-corrected chi connectivity index (χ2v) is 5.78. The molecular weight excluding hydrogens is 226 g/mol. The number of nitrogens with zero attached hydrogens (tertiary/aromatic N) is 1. The van der Waals surface area contributed by atoms with E-state index >= 15 is 0 Å². The van der Waals surface area contributed by atoms with Gasteiger partial charge in [0.05, 0.1) is 11.2 Å². The van der Waals surface area contributed by atoms with Gasteiger partial charge in [-0.3, -0.25) is 4.79 Å². The molecule has 1 fully saturated rings. The largest absolute Gasteiger partial charge is 0.480 e. The van der Waals surface area contributed by atoms with E-state index in [1.165, 1.54) is 4.90 Å². The summed E-state index contributed by atoms with van der Waals surface area (Å²) in [6.07, 6.45) is -1.25. The van der Waals surface area contributed by atoms with E-state index in [-0.39, 0.29) is 13.0 Å². The van der Waals surface area contributed by atoms with Crippen LogP contribution in [0, 0.1) is 0 Å². The number of likely N-dealkylation sites (tertiary alicyclic amines) is 1. The van der Waals surface area contributed by atoms with Crippen LogP contribution in [-0.2, 0) is 9.53 Å². The van der Waals surface area contributed by atoms with Crippen LogP contribution in [0.15, 0.2) is 0 Å². The molecule has 0 aromatic heterocycles. The zero-order chi connectivity index (χ0) is 13.4. The Labute approximate surface area is 101 Å². The molecule has 2 unspecified atom stereocenters. The summed E-state index contributed by atoms with van der Waals surface area (Å²) < 4.78 is 5.30. The second kappa shape index (κ2) is 4.53. The summed E-state index contributed by atoms with van der Waals surface area (Å²) in [6, 6.07) is -0.928. The molecule has 0 saturated carbocycles. The number of aliphatic hydroxyl groups excluding tert-OH is 1. The molecule has 3 atom stereocenters. The van der Waals surface area contributed by atoms with E-state index in [4.69, 9.17) is 9.84 Å². The van der Waals surface area contributed by atoms with Crippen LogP contribution < -0.4 is 0 Å². The molecule has 1 aliphatic rings. The number of hydrogen-bond donors (Lipinski definition) is 3. The smallest absolute Gasteiger partial charge is 0.321 e. The summed E-state index contributed by atoms with van der Waals surface area (Å²) in [5.41, 5.74) is -1.71. The number of β-amino-alcohol motifs (C(OH)–C–C–N with tert-alkyl or cyclic N) is 1. The van der Waals surface area contributed by atoms with Crippen LogP contribution in [0.2, 0.25) is 0 Å². The number of rotatable bonds is 3. The third-order valence-electron chi connectivity index (χ3n) is 2.58. The number of carboxylic acid groups (broad SMARTS) is 1. The van der Waals surface area contributed by atoms with Crippen LogP contribution in [0.5, 0.6) is 0 Å². The summed E-state index contributed by atoms with van der Waals surface area (Å²) >= 11 is 0. The predicted octanol–water partition coefficient (Wildman–Crippen LogP) is -0.0127. The van der Waals surface area contributed by atoms with E-state index in [9.17, 15) is 15.0 Å². The highest BCUT2D eigenvalue weighted by Gasteiger charge is 2.46. The molecule has 0 aromatic rings. The lowest BCUT2D eigenvalue weighted by molar-refractivity contribution is -0.245. The van der Waals surface area contributed by atoms with Gasteiger partial charge in [0.15, 0.2) is 0 Å². The SMILES string of the molecule is CC1(O)C[C@@H](C(=O)O)N(C(O)OC(C)(C)C)C1. The summed E-state index contributed by atoms with van der Waals surface area (Å²) in [5.74, 6) is -1.07. The molecule has 100 valence electrons. The molecule has 1 rings (SSSR count). The molecule has 0 spiro atoms. The zero-order valence-electron chi connectivity index (χ0n) is 10.7. The van der Waals surface area contributed by atoms with Gasteiger partial charge in [-0.15, -0.1) is 0 Å². The lowest BCUT2D eigenvalue weighted by atomic mass is 10.0. The van der Waals surface area contributed by atoms with Crippen LogP contribution in [0.4, 0.5) is 0 Å². The second-order valence-electron chi connectivity index (χ2n) is 5.78. The van der Waals surface area contributed by atoms with Gasteiger partial charge in [0.25, 0.3) is 0 Å². The van der Waals surface area contributed by atoms with Gasteiger partial charge in [0.1, 0.15) is 6.04 Å². The number of aliphatic hydroxyl groups is 2. The van der Waals surface area contributed by atoms with Crippen LogP contribution >= 0.6 is 0 Å². The summed E-state index contributed by atoms with van der Waals surface area (Å²) in [5, 5.41) is 28.8. The summed E-state index contributed by atoms with van der Waals surface area (Å²) in [7, 11) is 0. The standard InChI is InChI=1S/C11H21NO5/c1-10(2,3)17-9(15)12-6-11(4,16)5-7(12)8(13)14/h7,9,15-16H,5-6H2,1-4H3,(H,13,14)/t7-,9?,11?/m0/s1. The van der Waals surface area contributed by atoms with Crippen LogP contribution in [0.3, 0.4) is 0 Å². The maximum Gasteiger partial charge on any atom is 0.321 e. The lowest BCUT2D eigenvalue weighted by Crippen LogP contribution is -2.47. The first kappa shape index (κ1) is 14.4. The summed E-state index contributed by atoms with van der Waals surface area (Å²) in [6.45, 7) is 6.91. The molecule has 0 bridgehead atoms. The van der Waals surface area contributed by atoms with Gasteiger partial charge in [-0.25, -0.2) is 4.90 Å². The first-order valence-electron chi connectivity index (χ1n) is 5.59. The third-order valence-corrected chi connectivity index (χ3v) is 2.58. The molecule has 3 N–H and O–H groups in total. The topological polar surface area (TPSA) is 90.2 Å². The van der Waals surface area contributed by atoms with Crippen molar-refractivity contribution in [2.75, 3.05) is 6.54 Å². The number of carboxylic acids is 1. The van der Waals surface area contributed by atoms with Crippen molar-refractivity contribution in [1.29, 1.82) is 0 Å². The average molecular weight is 247 g/mol. The molecule has 0 amide bonds. The molecule has 6 heteroatoms. The first-order chi connectivity index (χ1) is 7.52. The van der Waals surface area contributed by atoms with Crippen molar-refractivity contribution in [2.24, 2.45) is 0 Å². The Bertz CT molecular complexity index is 297. The maximum atomic E-state index is 11.1. The van der Waals surface area contributed by atoms with E-state index in [2.05, 4.69) is 0 Å². The predicted molar refractivity (Wildman–Crippen MR) is 60.2 cm³/mol. The third kappa shape index (κ3) is 3.92. The van der Waals surface area contributed by atoms with Crippen LogP contribution in [-0.4, -0.2) is 56.4 Å². The molecule has 1 aliphatic heterocycles. The fourth-order valence-electron chi connectivity index (χ4n) is 1.95. The van der Waals surface area contributed by atoms with Crippen molar-refractivity contribution in [3.63, 3.8) is 0 Å². The minimum absolute atomic E-state index is 0.0706. The molecule has 6 nitrogen and oxygen atoms in total. The van der Waals surface area contributed by atoms with Crippen molar-refractivity contribution in [3.05, 3.63) is 0 Å². The molecule has 0 aromatic carbocycles. The quantitative estimate of drug-likeness (QED) is 0.608. The van der Waals surface area contributed by atoms with Crippen molar-refractivity contribution in [1.82, 2.24) is 4.90 Å². The van der Waals surface area contributed by atoms with Gasteiger partial charge >= 0.3 is 5.97 Å². The maximum absolute atomic E-state index is 11.1. The Kier molecular flexibility index (Phi) is 3.83. The van der Waals surface area contributed by atoms with E-state index < -0.39 is 29.6 Å². The molecule has 0 aliphatic carbocycles. The Morgan fingerprint density at radius 1 is 1.53 bits per heavy atom. The van der Waals surface area contributed by atoms with Crippen molar-refractivity contribution >= 4 is 5.97 Å². The summed E-state index contributed by atoms with van der Waals surface area (Å²) in [4.78, 5) is 12.3. The van der Waals surface area contributed by atoms with Gasteiger partial charge in [-0.05, 0) is 27.7 Å². The Morgan fingerprint density at radius 2 is 2.06 bits per heavy atom.